The van der Waals surface area contributed by atoms with E-state index in [0.29, 0.717) is 27.5 Å². The van der Waals surface area contributed by atoms with Crippen LogP contribution in [0.5, 0.6) is 0 Å². The predicted octanol–water partition coefficient (Wildman–Crippen LogP) is 6.60. The van der Waals surface area contributed by atoms with Gasteiger partial charge in [0.05, 0.1) is 16.9 Å². The number of nitrogens with zero attached hydrogens (tertiary/aromatic N) is 2. The molecule has 31 heavy (non-hydrogen) atoms. The molecular weight excluding hydrogens is 414 g/mol. The number of azo groups is 1. The number of amides is 1. The first kappa shape index (κ1) is 20.3. The van der Waals surface area contributed by atoms with E-state index in [1.165, 1.54) is 6.07 Å². The van der Waals surface area contributed by atoms with Crippen LogP contribution in [0.15, 0.2) is 101 Å². The molecule has 0 saturated carbocycles. The van der Waals surface area contributed by atoms with Crippen LogP contribution in [0.4, 0.5) is 11.4 Å². The zero-order valence-electron chi connectivity index (χ0n) is 16.2. The molecule has 0 saturated heterocycles. The molecule has 1 amide bonds. The normalized spacial score (nSPS) is 10.9. The van der Waals surface area contributed by atoms with Gasteiger partial charge in [-0.05, 0) is 65.4 Å². The van der Waals surface area contributed by atoms with Gasteiger partial charge in [0.1, 0.15) is 0 Å². The quantitative estimate of drug-likeness (QED) is 0.286. The zero-order chi connectivity index (χ0) is 21.6. The molecule has 152 valence electrons. The minimum Gasteiger partial charge on any atom is -0.338 e. The Morgan fingerprint density at radius 2 is 1.55 bits per heavy atom. The molecule has 0 spiro atoms. The van der Waals surface area contributed by atoms with E-state index >= 15 is 0 Å². The molecule has 0 bridgehead atoms. The van der Waals surface area contributed by atoms with Crippen LogP contribution in [0.1, 0.15) is 20.7 Å². The monoisotopic (exact) mass is 429 g/mol. The van der Waals surface area contributed by atoms with E-state index in [1.54, 1.807) is 54.6 Å². The fourth-order valence-corrected chi connectivity index (χ4v) is 3.05. The summed E-state index contributed by atoms with van der Waals surface area (Å²) in [6.45, 7) is 0. The molecule has 0 aromatic heterocycles. The highest BCUT2D eigenvalue weighted by Crippen LogP contribution is 2.19. The summed E-state index contributed by atoms with van der Waals surface area (Å²) in [5.41, 5.74) is 4.43. The zero-order valence-corrected chi connectivity index (χ0v) is 16.9. The van der Waals surface area contributed by atoms with E-state index in [0.717, 1.165) is 10.8 Å². The van der Waals surface area contributed by atoms with Gasteiger partial charge in [-0.3, -0.25) is 4.79 Å². The summed E-state index contributed by atoms with van der Waals surface area (Å²) in [7, 11) is 0. The average Bonchev–Trinajstić information content (AvgIpc) is 2.81. The Morgan fingerprint density at radius 1 is 0.774 bits per heavy atom. The maximum Gasteiger partial charge on any atom is 0.362 e. The van der Waals surface area contributed by atoms with Crippen LogP contribution in [-0.4, -0.2) is 11.9 Å². The molecule has 7 heteroatoms. The summed E-state index contributed by atoms with van der Waals surface area (Å²) in [6, 6.07) is 26.2. The van der Waals surface area contributed by atoms with Gasteiger partial charge in [0, 0.05) is 10.6 Å². The summed E-state index contributed by atoms with van der Waals surface area (Å²) in [5, 5.41) is 10.1. The van der Waals surface area contributed by atoms with Crippen molar-refractivity contribution >= 4 is 45.6 Å². The van der Waals surface area contributed by atoms with Crippen LogP contribution in [0.3, 0.4) is 0 Å². The van der Waals surface area contributed by atoms with Gasteiger partial charge in [0.25, 0.3) is 5.91 Å². The van der Waals surface area contributed by atoms with Gasteiger partial charge in [0.15, 0.2) is 0 Å². The number of anilines is 1. The lowest BCUT2D eigenvalue weighted by Gasteiger charge is -2.07. The van der Waals surface area contributed by atoms with Crippen LogP contribution >= 0.6 is 11.6 Å². The molecule has 0 aliphatic carbocycles. The fraction of sp³-hybridized carbons (Fsp3) is 0. The first-order chi connectivity index (χ1) is 15.1. The average molecular weight is 430 g/mol. The van der Waals surface area contributed by atoms with Crippen molar-refractivity contribution in [1.82, 2.24) is 0 Å². The number of rotatable bonds is 5. The highest BCUT2D eigenvalue weighted by Gasteiger charge is 2.09. The second-order valence-corrected chi connectivity index (χ2v) is 7.05. The fourth-order valence-electron chi connectivity index (χ4n) is 2.86. The number of fused-ring (bicyclic) bond motifs is 1. The summed E-state index contributed by atoms with van der Waals surface area (Å²) in [4.78, 5) is 29.5. The Morgan fingerprint density at radius 3 is 2.32 bits per heavy atom. The van der Waals surface area contributed by atoms with Gasteiger partial charge in [0.2, 0.25) is 0 Å². The molecule has 4 aromatic carbocycles. The lowest BCUT2D eigenvalue weighted by molar-refractivity contribution is 0.0596. The van der Waals surface area contributed by atoms with Gasteiger partial charge in [-0.25, -0.2) is 10.3 Å². The van der Waals surface area contributed by atoms with Crippen LogP contribution in [0.2, 0.25) is 5.02 Å². The SMILES string of the molecule is O=C(N=Nc1ccc(NOC(=O)c2ccc3ccccc3c2)cc1)c1cccc(Cl)c1. The van der Waals surface area contributed by atoms with E-state index in [9.17, 15) is 9.59 Å². The van der Waals surface area contributed by atoms with Crippen molar-refractivity contribution in [2.45, 2.75) is 0 Å². The number of halogens is 1. The van der Waals surface area contributed by atoms with Crippen molar-refractivity contribution in [2.75, 3.05) is 5.48 Å². The number of carbonyl (C=O) groups is 2. The third-order valence-corrected chi connectivity index (χ3v) is 4.68. The first-order valence-corrected chi connectivity index (χ1v) is 9.74. The van der Waals surface area contributed by atoms with Crippen molar-refractivity contribution in [3.05, 3.63) is 107 Å². The Bertz CT molecular complexity index is 1290. The van der Waals surface area contributed by atoms with Gasteiger partial charge in [-0.2, -0.15) is 0 Å². The molecule has 0 heterocycles. The van der Waals surface area contributed by atoms with E-state index in [4.69, 9.17) is 16.4 Å². The van der Waals surface area contributed by atoms with Gasteiger partial charge in [-0.15, -0.1) is 10.2 Å². The lowest BCUT2D eigenvalue weighted by Crippen LogP contribution is -2.10. The lowest BCUT2D eigenvalue weighted by atomic mass is 10.1. The van der Waals surface area contributed by atoms with Crippen LogP contribution < -0.4 is 5.48 Å². The molecule has 4 aromatic rings. The molecule has 4 rings (SSSR count). The van der Waals surface area contributed by atoms with E-state index < -0.39 is 11.9 Å². The highest BCUT2D eigenvalue weighted by molar-refractivity contribution is 6.30. The smallest absolute Gasteiger partial charge is 0.338 e. The first-order valence-electron chi connectivity index (χ1n) is 9.36. The van der Waals surface area contributed by atoms with E-state index in [-0.39, 0.29) is 0 Å². The predicted molar refractivity (Wildman–Crippen MR) is 120 cm³/mol. The number of carbonyl (C=O) groups excluding carboxylic acids is 2. The molecule has 0 aliphatic rings. The van der Waals surface area contributed by atoms with Crippen molar-refractivity contribution in [1.29, 1.82) is 0 Å². The Kier molecular flexibility index (Phi) is 6.01. The number of nitrogens with one attached hydrogen (secondary N) is 1. The molecule has 0 atom stereocenters. The highest BCUT2D eigenvalue weighted by atomic mass is 35.5. The molecule has 6 nitrogen and oxygen atoms in total. The Labute approximate surface area is 183 Å². The molecule has 0 unspecified atom stereocenters. The summed E-state index contributed by atoms with van der Waals surface area (Å²) in [5.74, 6) is -0.990. The Hall–Kier alpha value is -4.03. The molecular formula is C24H16ClN3O3. The number of hydrogen-bond acceptors (Lipinski definition) is 5. The second-order valence-electron chi connectivity index (χ2n) is 6.62. The standard InChI is InChI=1S/C24H16ClN3O3/c25-20-7-3-6-18(15-20)23(29)27-26-21-10-12-22(13-11-21)28-31-24(30)19-9-8-16-4-1-2-5-17(16)14-19/h1-15,28H. The maximum atomic E-state index is 12.3. The Balaban J connectivity index is 1.35. The minimum atomic E-state index is -0.498. The minimum absolute atomic E-state index is 0.357. The van der Waals surface area contributed by atoms with Gasteiger partial charge < -0.3 is 4.84 Å². The summed E-state index contributed by atoms with van der Waals surface area (Å²) in [6.07, 6.45) is 0. The van der Waals surface area contributed by atoms with Crippen LogP contribution in [0.25, 0.3) is 10.8 Å². The molecule has 0 aliphatic heterocycles. The maximum absolute atomic E-state index is 12.3. The van der Waals surface area contributed by atoms with Gasteiger partial charge >= 0.3 is 5.97 Å². The molecule has 0 fully saturated rings. The van der Waals surface area contributed by atoms with E-state index in [2.05, 4.69) is 15.7 Å². The molecule has 1 N–H and O–H groups in total. The van der Waals surface area contributed by atoms with Crippen molar-refractivity contribution in [3.63, 3.8) is 0 Å². The third kappa shape index (κ3) is 5.12. The largest absolute Gasteiger partial charge is 0.362 e. The number of hydrogen-bond donors (Lipinski definition) is 1. The third-order valence-electron chi connectivity index (χ3n) is 4.44. The van der Waals surface area contributed by atoms with Gasteiger partial charge in [-0.1, -0.05) is 48.0 Å². The molecule has 0 radical (unpaired) electrons. The van der Waals surface area contributed by atoms with Crippen LogP contribution in [-0.2, 0) is 4.84 Å². The van der Waals surface area contributed by atoms with Crippen molar-refractivity contribution < 1.29 is 14.4 Å². The summed E-state index contributed by atoms with van der Waals surface area (Å²) >= 11 is 5.87. The van der Waals surface area contributed by atoms with Crippen molar-refractivity contribution in [3.8, 4) is 0 Å². The van der Waals surface area contributed by atoms with Crippen LogP contribution in [0, 0.1) is 0 Å². The topological polar surface area (TPSA) is 80.1 Å². The summed E-state index contributed by atoms with van der Waals surface area (Å²) < 4.78 is 0. The second kappa shape index (κ2) is 9.19. The van der Waals surface area contributed by atoms with Crippen molar-refractivity contribution in [2.24, 2.45) is 10.2 Å². The van der Waals surface area contributed by atoms with E-state index in [1.807, 2.05) is 30.3 Å². The number of benzene rings is 4.